The van der Waals surface area contributed by atoms with Gasteiger partial charge in [-0.05, 0) is 32.4 Å². The molecule has 2 fully saturated rings. The molecule has 1 atom stereocenters. The third kappa shape index (κ3) is 4.43. The predicted octanol–water partition coefficient (Wildman–Crippen LogP) is 1.39. The van der Waals surface area contributed by atoms with Crippen LogP contribution in [0.4, 0.5) is 5.69 Å². The van der Waals surface area contributed by atoms with Gasteiger partial charge < -0.3 is 14.4 Å². The summed E-state index contributed by atoms with van der Waals surface area (Å²) in [4.78, 5) is 2.30. The maximum atomic E-state index is 13.2. The minimum atomic E-state index is -3.68. The second-order valence-corrected chi connectivity index (χ2v) is 12.6. The van der Waals surface area contributed by atoms with E-state index in [9.17, 15) is 16.8 Å². The number of ether oxygens (including phenoxy) is 2. The highest BCUT2D eigenvalue weighted by molar-refractivity contribution is 7.91. The van der Waals surface area contributed by atoms with Crippen molar-refractivity contribution in [3.8, 4) is 11.5 Å². The van der Waals surface area contributed by atoms with Crippen LogP contribution in [0.3, 0.4) is 0 Å². The van der Waals surface area contributed by atoms with Crippen molar-refractivity contribution in [2.45, 2.75) is 31.2 Å². The molecule has 1 unspecified atom stereocenters. The quantitative estimate of drug-likeness (QED) is 0.588. The molecule has 2 aromatic rings. The van der Waals surface area contributed by atoms with Crippen LogP contribution < -0.4 is 14.4 Å². The molecule has 0 aliphatic carbocycles. The van der Waals surface area contributed by atoms with E-state index in [2.05, 4.69) is 10.00 Å². The summed E-state index contributed by atoms with van der Waals surface area (Å²) in [5, 5.41) is 4.64. The minimum absolute atomic E-state index is 0.117. The fourth-order valence-electron chi connectivity index (χ4n) is 4.71. The van der Waals surface area contributed by atoms with Gasteiger partial charge in [-0.15, -0.1) is 0 Å². The van der Waals surface area contributed by atoms with Crippen LogP contribution in [-0.2, 0) is 19.9 Å². The Labute approximate surface area is 195 Å². The monoisotopic (exact) mass is 498 g/mol. The molecule has 2 aliphatic rings. The Hall–Kier alpha value is -2.31. The van der Waals surface area contributed by atoms with Crippen LogP contribution in [0.2, 0.25) is 0 Å². The molecule has 10 nitrogen and oxygen atoms in total. The molecule has 0 bridgehead atoms. The number of piperazine rings is 1. The summed E-state index contributed by atoms with van der Waals surface area (Å²) in [7, 11) is -3.72. The average Bonchev–Trinajstić information content (AvgIpc) is 3.30. The number of nitrogens with zero attached hydrogens (tertiary/aromatic N) is 4. The Kier molecular flexibility index (Phi) is 6.36. The summed E-state index contributed by atoms with van der Waals surface area (Å²) in [5.74, 6) is 1.15. The smallest absolute Gasteiger partial charge is 0.243 e. The maximum Gasteiger partial charge on any atom is 0.243 e. The molecule has 12 heteroatoms. The molecule has 0 spiro atoms. The van der Waals surface area contributed by atoms with E-state index in [0.29, 0.717) is 44.1 Å². The molecule has 0 saturated carbocycles. The topological polar surface area (TPSA) is 111 Å². The van der Waals surface area contributed by atoms with Gasteiger partial charge >= 0.3 is 0 Å². The molecule has 3 heterocycles. The van der Waals surface area contributed by atoms with Gasteiger partial charge in [-0.3, -0.25) is 4.68 Å². The van der Waals surface area contributed by atoms with E-state index >= 15 is 0 Å². The molecule has 1 aromatic carbocycles. The summed E-state index contributed by atoms with van der Waals surface area (Å²) in [6, 6.07) is 4.45. The number of rotatable bonds is 6. The standard InChI is InChI=1S/C21H30N4O6S2/c1-15-21(16(2)25(22-15)17-7-12-32(26,27)14-17)23-8-10-24(11-9-23)33(28,29)18-5-6-19(30-3)20(13-18)31-4/h5-6,13,17H,7-12,14H2,1-4H3. The lowest BCUT2D eigenvalue weighted by molar-refractivity contribution is 0.353. The van der Waals surface area contributed by atoms with Crippen LogP contribution in [0, 0.1) is 13.8 Å². The molecule has 0 amide bonds. The number of hydrogen-bond donors (Lipinski definition) is 0. The van der Waals surface area contributed by atoms with Gasteiger partial charge in [0.05, 0.1) is 53.7 Å². The number of anilines is 1. The normalized spacial score (nSPS) is 21.3. The Morgan fingerprint density at radius 1 is 1.03 bits per heavy atom. The lowest BCUT2D eigenvalue weighted by atomic mass is 10.2. The van der Waals surface area contributed by atoms with E-state index in [4.69, 9.17) is 9.47 Å². The van der Waals surface area contributed by atoms with E-state index in [-0.39, 0.29) is 22.4 Å². The molecule has 4 rings (SSSR count). The first-order valence-corrected chi connectivity index (χ1v) is 14.1. The first kappa shape index (κ1) is 23.8. The average molecular weight is 499 g/mol. The summed E-state index contributed by atoms with van der Waals surface area (Å²) in [6.07, 6.45) is 0.571. The van der Waals surface area contributed by atoms with Crippen LogP contribution in [0.1, 0.15) is 23.9 Å². The maximum absolute atomic E-state index is 13.2. The first-order chi connectivity index (χ1) is 15.6. The third-order valence-corrected chi connectivity index (χ3v) is 10.0. The molecular weight excluding hydrogens is 468 g/mol. The lowest BCUT2D eigenvalue weighted by Crippen LogP contribution is -2.49. The molecule has 2 saturated heterocycles. The van der Waals surface area contributed by atoms with Crippen molar-refractivity contribution in [2.24, 2.45) is 0 Å². The van der Waals surface area contributed by atoms with Crippen molar-refractivity contribution in [1.82, 2.24) is 14.1 Å². The van der Waals surface area contributed by atoms with Crippen molar-refractivity contribution in [1.29, 1.82) is 0 Å². The Bertz CT molecular complexity index is 1250. The fraction of sp³-hybridized carbons (Fsp3) is 0.571. The number of hydrogen-bond acceptors (Lipinski definition) is 8. The number of aryl methyl sites for hydroxylation is 1. The van der Waals surface area contributed by atoms with Gasteiger partial charge in [-0.25, -0.2) is 16.8 Å². The van der Waals surface area contributed by atoms with Gasteiger partial charge in [-0.1, -0.05) is 0 Å². The molecule has 1 aromatic heterocycles. The number of benzene rings is 1. The van der Waals surface area contributed by atoms with Crippen LogP contribution in [0.15, 0.2) is 23.1 Å². The van der Waals surface area contributed by atoms with Crippen molar-refractivity contribution < 1.29 is 26.3 Å². The van der Waals surface area contributed by atoms with E-state index < -0.39 is 19.9 Å². The van der Waals surface area contributed by atoms with Gasteiger partial charge in [0, 0.05) is 32.2 Å². The van der Waals surface area contributed by atoms with E-state index in [0.717, 1.165) is 17.1 Å². The van der Waals surface area contributed by atoms with Gasteiger partial charge in [0.25, 0.3) is 0 Å². The lowest BCUT2D eigenvalue weighted by Gasteiger charge is -2.35. The first-order valence-electron chi connectivity index (χ1n) is 10.8. The zero-order chi connectivity index (χ0) is 24.0. The van der Waals surface area contributed by atoms with Crippen LogP contribution in [0.25, 0.3) is 0 Å². The summed E-state index contributed by atoms with van der Waals surface area (Å²) >= 11 is 0. The Morgan fingerprint density at radius 3 is 2.27 bits per heavy atom. The highest BCUT2D eigenvalue weighted by atomic mass is 32.2. The molecule has 33 heavy (non-hydrogen) atoms. The van der Waals surface area contributed by atoms with Crippen molar-refractivity contribution in [3.63, 3.8) is 0 Å². The number of aromatic nitrogens is 2. The highest BCUT2D eigenvalue weighted by Gasteiger charge is 2.34. The fourth-order valence-corrected chi connectivity index (χ4v) is 7.84. The molecule has 2 aliphatic heterocycles. The zero-order valence-electron chi connectivity index (χ0n) is 19.3. The van der Waals surface area contributed by atoms with Crippen molar-refractivity contribution in [2.75, 3.05) is 56.8 Å². The Morgan fingerprint density at radius 2 is 1.70 bits per heavy atom. The molecule has 0 radical (unpaired) electrons. The second-order valence-electron chi connectivity index (χ2n) is 8.43. The van der Waals surface area contributed by atoms with Crippen LogP contribution in [0.5, 0.6) is 11.5 Å². The summed E-state index contributed by atoms with van der Waals surface area (Å²) in [6.45, 7) is 5.56. The third-order valence-electron chi connectivity index (χ3n) is 6.39. The summed E-state index contributed by atoms with van der Waals surface area (Å²) in [5.41, 5.74) is 2.71. The molecule has 0 N–H and O–H groups in total. The minimum Gasteiger partial charge on any atom is -0.493 e. The van der Waals surface area contributed by atoms with Gasteiger partial charge in [0.1, 0.15) is 0 Å². The molecule has 182 valence electrons. The van der Waals surface area contributed by atoms with Crippen LogP contribution >= 0.6 is 0 Å². The van der Waals surface area contributed by atoms with Gasteiger partial charge in [0.15, 0.2) is 21.3 Å². The predicted molar refractivity (Wildman–Crippen MR) is 125 cm³/mol. The van der Waals surface area contributed by atoms with E-state index in [1.807, 2.05) is 18.5 Å². The SMILES string of the molecule is COc1ccc(S(=O)(=O)N2CCN(c3c(C)nn(C4CCS(=O)(=O)C4)c3C)CC2)cc1OC. The van der Waals surface area contributed by atoms with Crippen molar-refractivity contribution >= 4 is 25.5 Å². The van der Waals surface area contributed by atoms with Crippen molar-refractivity contribution in [3.05, 3.63) is 29.6 Å². The number of sulfone groups is 1. The second kappa shape index (κ2) is 8.80. The summed E-state index contributed by atoms with van der Waals surface area (Å²) < 4.78 is 64.0. The van der Waals surface area contributed by atoms with E-state index in [1.165, 1.54) is 30.7 Å². The molecular formula is C21H30N4O6S2. The number of sulfonamides is 1. The largest absolute Gasteiger partial charge is 0.493 e. The van der Waals surface area contributed by atoms with E-state index in [1.54, 1.807) is 6.07 Å². The van der Waals surface area contributed by atoms with Gasteiger partial charge in [0.2, 0.25) is 10.0 Å². The Balaban J connectivity index is 1.50. The zero-order valence-corrected chi connectivity index (χ0v) is 20.9. The van der Waals surface area contributed by atoms with Crippen LogP contribution in [-0.4, -0.2) is 82.8 Å². The number of methoxy groups -OCH3 is 2. The highest BCUT2D eigenvalue weighted by Crippen LogP contribution is 2.33. The van der Waals surface area contributed by atoms with Gasteiger partial charge in [-0.2, -0.15) is 9.40 Å².